The molecule has 1 amide bonds. The first-order chi connectivity index (χ1) is 10.5. The molecule has 5 heteroatoms. The summed E-state index contributed by atoms with van der Waals surface area (Å²) in [6.45, 7) is 1.50. The summed E-state index contributed by atoms with van der Waals surface area (Å²) < 4.78 is 0. The Morgan fingerprint density at radius 2 is 2.14 bits per heavy atom. The summed E-state index contributed by atoms with van der Waals surface area (Å²) in [5.41, 5.74) is 0.502. The van der Waals surface area contributed by atoms with Gasteiger partial charge in [0.2, 0.25) is 0 Å². The zero-order chi connectivity index (χ0) is 15.7. The topological polar surface area (TPSA) is 56.7 Å². The van der Waals surface area contributed by atoms with Crippen LogP contribution in [-0.4, -0.2) is 65.1 Å². The van der Waals surface area contributed by atoms with Gasteiger partial charge in [-0.3, -0.25) is 9.78 Å². The van der Waals surface area contributed by atoms with Crippen LogP contribution in [0.2, 0.25) is 0 Å². The minimum Gasteiger partial charge on any atom is -0.387 e. The van der Waals surface area contributed by atoms with Gasteiger partial charge >= 0.3 is 0 Å². The number of nitrogens with zero attached hydrogens (tertiary/aromatic N) is 3. The van der Waals surface area contributed by atoms with E-state index >= 15 is 0 Å². The molecular weight excluding hydrogens is 278 g/mol. The van der Waals surface area contributed by atoms with Crippen molar-refractivity contribution in [2.75, 3.05) is 33.7 Å². The van der Waals surface area contributed by atoms with E-state index in [9.17, 15) is 9.90 Å². The summed E-state index contributed by atoms with van der Waals surface area (Å²) in [7, 11) is 3.86. The van der Waals surface area contributed by atoms with E-state index in [1.165, 1.54) is 0 Å². The van der Waals surface area contributed by atoms with Crippen molar-refractivity contribution in [3.05, 3.63) is 42.1 Å². The summed E-state index contributed by atoms with van der Waals surface area (Å²) in [5.74, 6) is -0.0565. The van der Waals surface area contributed by atoms with E-state index in [2.05, 4.69) is 4.98 Å². The van der Waals surface area contributed by atoms with Gasteiger partial charge in [0.15, 0.2) is 0 Å². The van der Waals surface area contributed by atoms with E-state index in [0.717, 1.165) is 10.9 Å². The molecule has 1 aromatic heterocycles. The first kappa shape index (κ1) is 14.9. The lowest BCUT2D eigenvalue weighted by molar-refractivity contribution is 0.0236. The molecule has 0 aliphatic carbocycles. The summed E-state index contributed by atoms with van der Waals surface area (Å²) >= 11 is 0. The maximum absolute atomic E-state index is 12.8. The van der Waals surface area contributed by atoms with Crippen LogP contribution in [0.4, 0.5) is 0 Å². The number of carbonyl (C=O) groups excluding carboxylic acids is 1. The molecule has 5 nitrogen and oxygen atoms in total. The average Bonchev–Trinajstić information content (AvgIpc) is 2.87. The van der Waals surface area contributed by atoms with Crippen LogP contribution in [0, 0.1) is 0 Å². The van der Waals surface area contributed by atoms with E-state index < -0.39 is 5.60 Å². The average molecular weight is 299 g/mol. The summed E-state index contributed by atoms with van der Waals surface area (Å²) in [5, 5.41) is 11.5. The van der Waals surface area contributed by atoms with Crippen LogP contribution in [0.3, 0.4) is 0 Å². The Labute approximate surface area is 130 Å². The van der Waals surface area contributed by atoms with Gasteiger partial charge in [-0.25, -0.2) is 0 Å². The molecule has 3 rings (SSSR count). The molecule has 1 atom stereocenters. The highest BCUT2D eigenvalue weighted by Crippen LogP contribution is 2.25. The number of carbonyl (C=O) groups is 1. The SMILES string of the molecule is CN(C)CC1(O)CCN(C(=O)c2cccc3cccnc23)C1. The molecule has 22 heavy (non-hydrogen) atoms. The van der Waals surface area contributed by atoms with Gasteiger partial charge in [-0.15, -0.1) is 0 Å². The highest BCUT2D eigenvalue weighted by Gasteiger charge is 2.39. The third-order valence-corrected chi connectivity index (χ3v) is 4.09. The van der Waals surface area contributed by atoms with Gasteiger partial charge in [0, 0.05) is 24.7 Å². The second-order valence-corrected chi connectivity index (χ2v) is 6.32. The van der Waals surface area contributed by atoms with E-state index in [-0.39, 0.29) is 5.91 Å². The van der Waals surface area contributed by atoms with Gasteiger partial charge < -0.3 is 14.9 Å². The number of para-hydroxylation sites is 1. The molecule has 0 saturated carbocycles. The molecule has 1 aliphatic rings. The van der Waals surface area contributed by atoms with Gasteiger partial charge in [0.25, 0.3) is 5.91 Å². The van der Waals surface area contributed by atoms with Crippen LogP contribution >= 0.6 is 0 Å². The fourth-order valence-corrected chi connectivity index (χ4v) is 3.19. The van der Waals surface area contributed by atoms with Crippen molar-refractivity contribution >= 4 is 16.8 Å². The van der Waals surface area contributed by atoms with Crippen LogP contribution in [-0.2, 0) is 0 Å². The fourth-order valence-electron chi connectivity index (χ4n) is 3.19. The fraction of sp³-hybridized carbons (Fsp3) is 0.412. The lowest BCUT2D eigenvalue weighted by Gasteiger charge is -2.26. The zero-order valence-electron chi connectivity index (χ0n) is 13.0. The predicted octanol–water partition coefficient (Wildman–Crippen LogP) is 1.37. The van der Waals surface area contributed by atoms with E-state index in [0.29, 0.717) is 31.6 Å². The highest BCUT2D eigenvalue weighted by molar-refractivity contribution is 6.05. The van der Waals surface area contributed by atoms with Crippen molar-refractivity contribution in [3.63, 3.8) is 0 Å². The Bertz CT molecular complexity index is 696. The molecule has 2 heterocycles. The molecule has 2 aromatic rings. The van der Waals surface area contributed by atoms with E-state index in [4.69, 9.17) is 0 Å². The highest BCUT2D eigenvalue weighted by atomic mass is 16.3. The minimum absolute atomic E-state index is 0.0565. The van der Waals surface area contributed by atoms with Crippen LogP contribution in [0.15, 0.2) is 36.5 Å². The number of fused-ring (bicyclic) bond motifs is 1. The lowest BCUT2D eigenvalue weighted by atomic mass is 10.0. The molecule has 1 aromatic carbocycles. The normalized spacial score (nSPS) is 21.7. The van der Waals surface area contributed by atoms with Gasteiger partial charge in [-0.05, 0) is 32.6 Å². The maximum Gasteiger partial charge on any atom is 0.256 e. The number of pyridine rings is 1. The number of hydrogen-bond acceptors (Lipinski definition) is 4. The predicted molar refractivity (Wildman–Crippen MR) is 85.8 cm³/mol. The smallest absolute Gasteiger partial charge is 0.256 e. The van der Waals surface area contributed by atoms with Crippen LogP contribution in [0.1, 0.15) is 16.8 Å². The third kappa shape index (κ3) is 2.82. The maximum atomic E-state index is 12.8. The second kappa shape index (κ2) is 5.66. The molecule has 1 aliphatic heterocycles. The number of benzene rings is 1. The standard InChI is InChI=1S/C17H21N3O2/c1-19(2)11-17(22)8-10-20(12-17)16(21)14-7-3-5-13-6-4-9-18-15(13)14/h3-7,9,22H,8,10-12H2,1-2H3. The summed E-state index contributed by atoms with van der Waals surface area (Å²) in [4.78, 5) is 20.8. The minimum atomic E-state index is -0.822. The van der Waals surface area contributed by atoms with Crippen LogP contribution in [0.5, 0.6) is 0 Å². The second-order valence-electron chi connectivity index (χ2n) is 6.32. The molecule has 116 valence electrons. The number of likely N-dealkylation sites (N-methyl/N-ethyl adjacent to an activating group) is 1. The Balaban J connectivity index is 1.85. The zero-order valence-corrected chi connectivity index (χ0v) is 13.0. The first-order valence-corrected chi connectivity index (χ1v) is 7.49. The van der Waals surface area contributed by atoms with Crippen molar-refractivity contribution in [1.29, 1.82) is 0 Å². The van der Waals surface area contributed by atoms with Crippen molar-refractivity contribution in [2.45, 2.75) is 12.0 Å². The number of rotatable bonds is 3. The lowest BCUT2D eigenvalue weighted by Crippen LogP contribution is -2.43. The van der Waals surface area contributed by atoms with Crippen molar-refractivity contribution in [1.82, 2.24) is 14.8 Å². The molecule has 1 N–H and O–H groups in total. The Morgan fingerprint density at radius 3 is 2.91 bits per heavy atom. The molecular formula is C17H21N3O2. The van der Waals surface area contributed by atoms with Gasteiger partial charge in [-0.2, -0.15) is 0 Å². The Kier molecular flexibility index (Phi) is 3.85. The van der Waals surface area contributed by atoms with E-state index in [1.54, 1.807) is 17.2 Å². The summed E-state index contributed by atoms with van der Waals surface area (Å²) in [6.07, 6.45) is 2.31. The van der Waals surface area contributed by atoms with Crippen molar-refractivity contribution in [2.24, 2.45) is 0 Å². The quantitative estimate of drug-likeness (QED) is 0.930. The Morgan fingerprint density at radius 1 is 1.36 bits per heavy atom. The molecule has 0 spiro atoms. The summed E-state index contributed by atoms with van der Waals surface area (Å²) in [6, 6.07) is 9.44. The third-order valence-electron chi connectivity index (χ3n) is 4.09. The number of likely N-dealkylation sites (tertiary alicyclic amines) is 1. The number of aromatic nitrogens is 1. The number of β-amino-alcohol motifs (C(OH)–C–C–N with tert-alkyl or cyclic N) is 1. The number of aliphatic hydroxyl groups is 1. The molecule has 1 unspecified atom stereocenters. The largest absolute Gasteiger partial charge is 0.387 e. The first-order valence-electron chi connectivity index (χ1n) is 7.49. The molecule has 0 radical (unpaired) electrons. The Hall–Kier alpha value is -1.98. The van der Waals surface area contributed by atoms with Gasteiger partial charge in [0.05, 0.1) is 23.2 Å². The van der Waals surface area contributed by atoms with E-state index in [1.807, 2.05) is 43.3 Å². The molecule has 1 fully saturated rings. The van der Waals surface area contributed by atoms with Crippen LogP contribution in [0.25, 0.3) is 10.9 Å². The monoisotopic (exact) mass is 299 g/mol. The van der Waals surface area contributed by atoms with Crippen molar-refractivity contribution in [3.8, 4) is 0 Å². The van der Waals surface area contributed by atoms with Gasteiger partial charge in [0.1, 0.15) is 0 Å². The van der Waals surface area contributed by atoms with Gasteiger partial charge in [-0.1, -0.05) is 18.2 Å². The number of hydrogen-bond donors (Lipinski definition) is 1. The number of amides is 1. The molecule has 0 bridgehead atoms. The van der Waals surface area contributed by atoms with Crippen molar-refractivity contribution < 1.29 is 9.90 Å². The van der Waals surface area contributed by atoms with Crippen LogP contribution < -0.4 is 0 Å². The molecule has 1 saturated heterocycles.